The van der Waals surface area contributed by atoms with Crippen LogP contribution in [0.4, 0.5) is 0 Å². The minimum Gasteiger partial charge on any atom is -0.347 e. The lowest BCUT2D eigenvalue weighted by atomic mass is 9.83. The maximum atomic E-state index is 12.2. The molecule has 28 heavy (non-hydrogen) atoms. The van der Waals surface area contributed by atoms with Crippen molar-refractivity contribution in [2.75, 3.05) is 0 Å². The van der Waals surface area contributed by atoms with Gasteiger partial charge in [-0.2, -0.15) is 0 Å². The third kappa shape index (κ3) is 11.7. The molecule has 0 aromatic carbocycles. The van der Waals surface area contributed by atoms with Gasteiger partial charge in [0.1, 0.15) is 0 Å². The van der Waals surface area contributed by atoms with Gasteiger partial charge in [-0.15, -0.1) is 0 Å². The van der Waals surface area contributed by atoms with Crippen LogP contribution in [0.2, 0.25) is 0 Å². The molecule has 2 nitrogen and oxygen atoms in total. The quantitative estimate of drug-likeness (QED) is 0.252. The van der Waals surface area contributed by atoms with Gasteiger partial charge in [0.15, 0.2) is 0 Å². The Bertz CT molecular complexity index is 453. The number of nitrogens with one attached hydrogen (secondary N) is 1. The highest BCUT2D eigenvalue weighted by atomic mass is 16.1. The van der Waals surface area contributed by atoms with Crippen LogP contribution < -0.4 is 5.32 Å². The van der Waals surface area contributed by atoms with Crippen LogP contribution in [0.25, 0.3) is 0 Å². The average molecular weight is 390 g/mol. The van der Waals surface area contributed by atoms with Crippen molar-refractivity contribution in [3.8, 4) is 0 Å². The van der Waals surface area contributed by atoms with Gasteiger partial charge in [0.05, 0.1) is 5.54 Å². The van der Waals surface area contributed by atoms with E-state index in [1.807, 2.05) is 6.08 Å². The van der Waals surface area contributed by atoms with Crippen LogP contribution in [0, 0.1) is 5.92 Å². The molecule has 1 amide bonds. The Labute approximate surface area is 175 Å². The van der Waals surface area contributed by atoms with E-state index in [0.29, 0.717) is 12.3 Å². The van der Waals surface area contributed by atoms with Crippen molar-refractivity contribution in [3.05, 3.63) is 24.3 Å². The zero-order valence-electron chi connectivity index (χ0n) is 19.1. The van der Waals surface area contributed by atoms with Crippen LogP contribution >= 0.6 is 0 Å². The molecule has 0 radical (unpaired) electrons. The van der Waals surface area contributed by atoms with Crippen molar-refractivity contribution in [1.29, 1.82) is 0 Å². The molecule has 0 saturated carbocycles. The van der Waals surface area contributed by atoms with E-state index in [9.17, 15) is 4.79 Å². The second-order valence-corrected chi connectivity index (χ2v) is 9.06. The lowest BCUT2D eigenvalue weighted by Crippen LogP contribution is -2.49. The van der Waals surface area contributed by atoms with Crippen molar-refractivity contribution in [2.45, 2.75) is 129 Å². The highest BCUT2D eigenvalue weighted by Crippen LogP contribution is 2.24. The third-order valence-electron chi connectivity index (χ3n) is 6.32. The summed E-state index contributed by atoms with van der Waals surface area (Å²) in [5.74, 6) is 0.548. The lowest BCUT2D eigenvalue weighted by Gasteiger charge is -2.34. The normalized spacial score (nSPS) is 21.2. The molecule has 2 unspecified atom stereocenters. The van der Waals surface area contributed by atoms with Gasteiger partial charge in [0.25, 0.3) is 0 Å². The molecule has 0 spiro atoms. The van der Waals surface area contributed by atoms with E-state index in [4.69, 9.17) is 0 Å². The molecule has 2 atom stereocenters. The van der Waals surface area contributed by atoms with Crippen molar-refractivity contribution in [3.63, 3.8) is 0 Å². The molecule has 1 aliphatic rings. The largest absolute Gasteiger partial charge is 0.347 e. The first-order valence-electron chi connectivity index (χ1n) is 12.3. The number of carbonyl (C=O) groups is 1. The van der Waals surface area contributed by atoms with E-state index in [1.54, 1.807) is 0 Å². The van der Waals surface area contributed by atoms with Crippen LogP contribution in [-0.2, 0) is 4.79 Å². The topological polar surface area (TPSA) is 29.1 Å². The molecule has 0 heterocycles. The standard InChI is InChI=1S/C26H47NO/c1-4-5-6-7-8-9-10-11-12-13-14-15-16-17-18-22-25(28)27-26(3)23-20-19-21-24(26)2/h19-21,23-24H,4-18,22H2,1-3H3,(H,27,28). The summed E-state index contributed by atoms with van der Waals surface area (Å²) in [6.07, 6.45) is 29.4. The van der Waals surface area contributed by atoms with Gasteiger partial charge < -0.3 is 5.32 Å². The fourth-order valence-corrected chi connectivity index (χ4v) is 4.01. The first kappa shape index (κ1) is 25.0. The van der Waals surface area contributed by atoms with E-state index >= 15 is 0 Å². The first-order chi connectivity index (χ1) is 13.6. The molecule has 0 aliphatic heterocycles. The summed E-state index contributed by atoms with van der Waals surface area (Å²) in [5.41, 5.74) is -0.221. The average Bonchev–Trinajstić information content (AvgIpc) is 2.67. The maximum absolute atomic E-state index is 12.2. The molecular weight excluding hydrogens is 342 g/mol. The minimum absolute atomic E-state index is 0.198. The van der Waals surface area contributed by atoms with Crippen LogP contribution in [-0.4, -0.2) is 11.4 Å². The van der Waals surface area contributed by atoms with Crippen LogP contribution in [0.5, 0.6) is 0 Å². The smallest absolute Gasteiger partial charge is 0.220 e. The Balaban J connectivity index is 1.86. The summed E-state index contributed by atoms with van der Waals surface area (Å²) in [7, 11) is 0. The molecule has 0 saturated heterocycles. The molecular formula is C26H47NO. The summed E-state index contributed by atoms with van der Waals surface area (Å²) in [4.78, 5) is 12.2. The van der Waals surface area contributed by atoms with Gasteiger partial charge in [-0.1, -0.05) is 128 Å². The number of allylic oxidation sites excluding steroid dienone is 2. The second-order valence-electron chi connectivity index (χ2n) is 9.06. The van der Waals surface area contributed by atoms with Gasteiger partial charge in [0, 0.05) is 12.3 Å². The number of amides is 1. The highest BCUT2D eigenvalue weighted by Gasteiger charge is 2.29. The number of rotatable bonds is 17. The highest BCUT2D eigenvalue weighted by molar-refractivity contribution is 5.77. The zero-order valence-corrected chi connectivity index (χ0v) is 19.1. The van der Waals surface area contributed by atoms with Gasteiger partial charge in [-0.3, -0.25) is 4.79 Å². The SMILES string of the molecule is CCCCCCCCCCCCCCCCCC(=O)NC1(C)C=CC=CC1C. The Kier molecular flexibility index (Phi) is 14.1. The Morgan fingerprint density at radius 2 is 1.25 bits per heavy atom. The van der Waals surface area contributed by atoms with Gasteiger partial charge in [-0.25, -0.2) is 0 Å². The van der Waals surface area contributed by atoms with E-state index in [-0.39, 0.29) is 11.4 Å². The number of carbonyl (C=O) groups excluding carboxylic acids is 1. The Hall–Kier alpha value is -1.05. The predicted molar refractivity (Wildman–Crippen MR) is 124 cm³/mol. The summed E-state index contributed by atoms with van der Waals surface area (Å²) in [5, 5.41) is 3.22. The van der Waals surface area contributed by atoms with Crippen molar-refractivity contribution in [1.82, 2.24) is 5.32 Å². The fourth-order valence-electron chi connectivity index (χ4n) is 4.01. The lowest BCUT2D eigenvalue weighted by molar-refractivity contribution is -0.122. The van der Waals surface area contributed by atoms with Gasteiger partial charge in [-0.05, 0) is 13.3 Å². The summed E-state index contributed by atoms with van der Waals surface area (Å²) in [6, 6.07) is 0. The van der Waals surface area contributed by atoms with E-state index < -0.39 is 0 Å². The molecule has 0 aromatic rings. The van der Waals surface area contributed by atoms with E-state index in [0.717, 1.165) is 6.42 Å². The summed E-state index contributed by atoms with van der Waals surface area (Å²) < 4.78 is 0. The Morgan fingerprint density at radius 3 is 1.71 bits per heavy atom. The van der Waals surface area contributed by atoms with E-state index in [1.165, 1.54) is 89.9 Å². The predicted octanol–water partition coefficient (Wildman–Crippen LogP) is 7.88. The Morgan fingerprint density at radius 1 is 0.786 bits per heavy atom. The number of unbranched alkanes of at least 4 members (excludes halogenated alkanes) is 14. The number of hydrogen-bond acceptors (Lipinski definition) is 1. The van der Waals surface area contributed by atoms with Crippen molar-refractivity contribution >= 4 is 5.91 Å². The maximum Gasteiger partial charge on any atom is 0.220 e. The second kappa shape index (κ2) is 15.8. The number of hydrogen-bond donors (Lipinski definition) is 1. The van der Waals surface area contributed by atoms with Crippen molar-refractivity contribution in [2.24, 2.45) is 5.92 Å². The molecule has 162 valence electrons. The van der Waals surface area contributed by atoms with Crippen molar-refractivity contribution < 1.29 is 4.79 Å². The molecule has 1 rings (SSSR count). The fraction of sp³-hybridized carbons (Fsp3) is 0.808. The summed E-state index contributed by atoms with van der Waals surface area (Å²) >= 11 is 0. The molecule has 1 N–H and O–H groups in total. The van der Waals surface area contributed by atoms with Gasteiger partial charge >= 0.3 is 0 Å². The third-order valence-corrected chi connectivity index (χ3v) is 6.32. The van der Waals surface area contributed by atoms with Crippen LogP contribution in [0.3, 0.4) is 0 Å². The first-order valence-corrected chi connectivity index (χ1v) is 12.3. The zero-order chi connectivity index (χ0) is 20.5. The van der Waals surface area contributed by atoms with Crippen LogP contribution in [0.15, 0.2) is 24.3 Å². The molecule has 0 aromatic heterocycles. The van der Waals surface area contributed by atoms with E-state index in [2.05, 4.69) is 44.3 Å². The monoisotopic (exact) mass is 389 g/mol. The molecule has 1 aliphatic carbocycles. The minimum atomic E-state index is -0.221. The van der Waals surface area contributed by atoms with Crippen LogP contribution in [0.1, 0.15) is 124 Å². The van der Waals surface area contributed by atoms with Gasteiger partial charge in [0.2, 0.25) is 5.91 Å². The molecule has 0 fully saturated rings. The molecule has 2 heteroatoms. The summed E-state index contributed by atoms with van der Waals surface area (Å²) in [6.45, 7) is 6.56. The molecule has 0 bridgehead atoms.